The normalized spacial score (nSPS) is 24.2. The molecule has 36 heavy (non-hydrogen) atoms. The molecule has 3 fully saturated rings. The van der Waals surface area contributed by atoms with Gasteiger partial charge in [-0.1, -0.05) is 0 Å². The van der Waals surface area contributed by atoms with Gasteiger partial charge in [-0.3, -0.25) is 19.3 Å². The number of imide groups is 1. The fourth-order valence-corrected chi connectivity index (χ4v) is 5.85. The minimum atomic E-state index is -0.626. The molecule has 1 aliphatic heterocycles. The number of hydrogen-bond acceptors (Lipinski definition) is 7. The van der Waals surface area contributed by atoms with Crippen LogP contribution in [0.15, 0.2) is 71.3 Å². The number of rotatable bonds is 7. The van der Waals surface area contributed by atoms with Crippen LogP contribution in [0.1, 0.15) is 40.2 Å². The maximum Gasteiger partial charge on any atom is 0.379 e. The number of amides is 2. The van der Waals surface area contributed by atoms with Gasteiger partial charge in [-0.2, -0.15) is 0 Å². The topological polar surface area (TPSA) is 103 Å². The molecule has 4 atom stereocenters. The molecule has 1 saturated heterocycles. The number of hydrogen-bond donors (Lipinski definition) is 0. The van der Waals surface area contributed by atoms with Gasteiger partial charge in [-0.05, 0) is 91.8 Å². The highest BCUT2D eigenvalue weighted by Gasteiger charge is 2.61. The van der Waals surface area contributed by atoms with Crippen molar-refractivity contribution in [3.63, 3.8) is 0 Å². The summed E-state index contributed by atoms with van der Waals surface area (Å²) in [5.41, 5.74) is 0.941. The number of esters is 1. The van der Waals surface area contributed by atoms with Gasteiger partial charge in [-0.15, -0.1) is 0 Å². The number of ketones is 1. The van der Waals surface area contributed by atoms with E-state index in [0.29, 0.717) is 28.8 Å². The van der Waals surface area contributed by atoms with Gasteiger partial charge < -0.3 is 13.9 Å². The van der Waals surface area contributed by atoms with Gasteiger partial charge in [0.05, 0.1) is 23.8 Å². The molecule has 2 aromatic carbocycles. The molecule has 0 unspecified atom stereocenters. The van der Waals surface area contributed by atoms with E-state index in [1.807, 2.05) is 0 Å². The third kappa shape index (κ3) is 3.79. The van der Waals surface area contributed by atoms with Gasteiger partial charge >= 0.3 is 5.97 Å². The van der Waals surface area contributed by atoms with Crippen LogP contribution >= 0.6 is 0 Å². The molecule has 2 heterocycles. The van der Waals surface area contributed by atoms with Crippen LogP contribution in [0.25, 0.3) is 0 Å². The first kappa shape index (κ1) is 22.3. The van der Waals surface area contributed by atoms with Crippen molar-refractivity contribution < 1.29 is 33.1 Å². The van der Waals surface area contributed by atoms with E-state index in [9.17, 15) is 19.2 Å². The van der Waals surface area contributed by atoms with Crippen molar-refractivity contribution in [3.05, 3.63) is 78.3 Å². The third-order valence-corrected chi connectivity index (χ3v) is 7.50. The van der Waals surface area contributed by atoms with E-state index in [-0.39, 0.29) is 47.6 Å². The second-order valence-corrected chi connectivity index (χ2v) is 9.49. The summed E-state index contributed by atoms with van der Waals surface area (Å²) in [4.78, 5) is 51.8. The summed E-state index contributed by atoms with van der Waals surface area (Å²) in [7, 11) is 0. The minimum absolute atomic E-state index is 0.0840. The zero-order valence-electron chi connectivity index (χ0n) is 19.3. The van der Waals surface area contributed by atoms with E-state index in [4.69, 9.17) is 13.9 Å². The number of carbonyl (C=O) groups is 4. The fraction of sp³-hybridized carbons (Fsp3) is 0.286. The number of fused-ring (bicyclic) bond motifs is 5. The van der Waals surface area contributed by atoms with Gasteiger partial charge in [0.15, 0.2) is 12.4 Å². The molecule has 182 valence electrons. The van der Waals surface area contributed by atoms with Crippen molar-refractivity contribution in [1.29, 1.82) is 0 Å². The first-order chi connectivity index (χ1) is 17.5. The molecule has 0 radical (unpaired) electrons. The molecule has 2 saturated carbocycles. The zero-order valence-corrected chi connectivity index (χ0v) is 19.3. The summed E-state index contributed by atoms with van der Waals surface area (Å²) in [6.45, 7) is -0.194. The number of furan rings is 1. The highest BCUT2D eigenvalue weighted by molar-refractivity contribution is 6.22. The van der Waals surface area contributed by atoms with E-state index in [0.717, 1.165) is 19.3 Å². The van der Waals surface area contributed by atoms with Crippen molar-refractivity contribution in [1.82, 2.24) is 0 Å². The van der Waals surface area contributed by atoms with Crippen LogP contribution in [0.5, 0.6) is 11.5 Å². The average Bonchev–Trinajstić information content (AvgIpc) is 3.69. The van der Waals surface area contributed by atoms with Crippen LogP contribution in [-0.2, 0) is 9.59 Å². The minimum Gasteiger partial charge on any atom is -0.485 e. The predicted octanol–water partition coefficient (Wildman–Crippen LogP) is 4.30. The summed E-state index contributed by atoms with van der Waals surface area (Å²) in [6.07, 6.45) is 4.46. The molecule has 2 bridgehead atoms. The monoisotopic (exact) mass is 485 g/mol. The van der Waals surface area contributed by atoms with Gasteiger partial charge in [0.25, 0.3) is 0 Å². The Kier molecular flexibility index (Phi) is 5.44. The molecule has 8 heteroatoms. The highest BCUT2D eigenvalue weighted by atomic mass is 16.5. The lowest BCUT2D eigenvalue weighted by Gasteiger charge is -2.19. The largest absolute Gasteiger partial charge is 0.485 e. The van der Waals surface area contributed by atoms with Crippen LogP contribution in [0, 0.1) is 23.7 Å². The van der Waals surface area contributed by atoms with Crippen molar-refractivity contribution in [3.8, 4) is 11.5 Å². The predicted molar refractivity (Wildman–Crippen MR) is 127 cm³/mol. The van der Waals surface area contributed by atoms with E-state index in [1.54, 1.807) is 42.5 Å². The molecule has 8 nitrogen and oxygen atoms in total. The molecule has 0 N–H and O–H groups in total. The first-order valence-electron chi connectivity index (χ1n) is 12.0. The van der Waals surface area contributed by atoms with Gasteiger partial charge in [-0.25, -0.2) is 4.79 Å². The molecule has 2 aliphatic carbocycles. The number of Topliss-reactive ketones (excluding diaryl/α,β-unsaturated/α-hetero) is 1. The Balaban J connectivity index is 1.05. The van der Waals surface area contributed by atoms with Crippen LogP contribution in [-0.4, -0.2) is 30.2 Å². The quantitative estimate of drug-likeness (QED) is 0.213. The molecule has 3 aromatic rings. The smallest absolute Gasteiger partial charge is 0.379 e. The lowest BCUT2D eigenvalue weighted by molar-refractivity contribution is -0.123. The summed E-state index contributed by atoms with van der Waals surface area (Å²) >= 11 is 0. The van der Waals surface area contributed by atoms with Crippen LogP contribution in [0.2, 0.25) is 0 Å². The Labute approximate surface area is 206 Å². The lowest BCUT2D eigenvalue weighted by atomic mass is 9.81. The summed E-state index contributed by atoms with van der Waals surface area (Å²) in [5, 5.41) is 0. The van der Waals surface area contributed by atoms with Crippen molar-refractivity contribution in [2.24, 2.45) is 23.7 Å². The fourth-order valence-electron chi connectivity index (χ4n) is 5.85. The third-order valence-electron chi connectivity index (χ3n) is 7.50. The zero-order chi connectivity index (χ0) is 24.8. The number of nitrogens with zero attached hydrogens (tertiary/aromatic N) is 1. The Morgan fingerprint density at radius 2 is 1.50 bits per heavy atom. The van der Waals surface area contributed by atoms with Crippen molar-refractivity contribution in [2.45, 2.75) is 19.3 Å². The number of anilines is 1. The SMILES string of the molecule is O=C(COc1ccc(N2C(=O)[C@H]3[C@@H]4CC[C@@H](C4)[C@@H]3C2=O)cc1)c1ccc(OC(=O)c2ccco2)cc1. The number of ether oxygens (including phenoxy) is 2. The molecule has 6 rings (SSSR count). The van der Waals surface area contributed by atoms with E-state index >= 15 is 0 Å². The van der Waals surface area contributed by atoms with E-state index in [1.165, 1.54) is 29.4 Å². The highest BCUT2D eigenvalue weighted by Crippen LogP contribution is 2.56. The van der Waals surface area contributed by atoms with E-state index in [2.05, 4.69) is 0 Å². The van der Waals surface area contributed by atoms with Crippen LogP contribution in [0.3, 0.4) is 0 Å². The Morgan fingerprint density at radius 1 is 0.861 bits per heavy atom. The molecule has 2 amide bonds. The van der Waals surface area contributed by atoms with Crippen LogP contribution < -0.4 is 14.4 Å². The maximum atomic E-state index is 13.0. The van der Waals surface area contributed by atoms with Crippen LogP contribution in [0.4, 0.5) is 5.69 Å². The Morgan fingerprint density at radius 3 is 2.11 bits per heavy atom. The van der Waals surface area contributed by atoms with Gasteiger partial charge in [0, 0.05) is 5.56 Å². The maximum absolute atomic E-state index is 13.0. The Bertz CT molecular complexity index is 1300. The second-order valence-electron chi connectivity index (χ2n) is 9.49. The number of benzene rings is 2. The van der Waals surface area contributed by atoms with E-state index < -0.39 is 5.97 Å². The summed E-state index contributed by atoms with van der Waals surface area (Å²) < 4.78 is 15.8. The standard InChI is InChI=1S/C28H23NO7/c30-22(16-5-9-21(10-6-16)36-28(33)23-2-1-13-34-23)15-35-20-11-7-19(8-12-20)29-26(31)24-17-3-4-18(14-17)25(24)27(29)32/h1-2,5-13,17-18,24-25H,3-4,14-15H2/t17-,18+,24-,25-/m0/s1. The second kappa shape index (κ2) is 8.78. The number of carbonyl (C=O) groups excluding carboxylic acids is 4. The summed E-state index contributed by atoms with van der Waals surface area (Å²) in [6, 6.07) is 15.9. The molecule has 0 spiro atoms. The Hall–Kier alpha value is -4.20. The molecular formula is C28H23NO7. The van der Waals surface area contributed by atoms with Crippen molar-refractivity contribution in [2.75, 3.05) is 11.5 Å². The van der Waals surface area contributed by atoms with Gasteiger partial charge in [0.2, 0.25) is 17.6 Å². The lowest BCUT2D eigenvalue weighted by Crippen LogP contribution is -2.32. The summed E-state index contributed by atoms with van der Waals surface area (Å²) in [5.74, 6) is 0.133. The molecular weight excluding hydrogens is 462 g/mol. The first-order valence-corrected chi connectivity index (χ1v) is 12.0. The van der Waals surface area contributed by atoms with Crippen molar-refractivity contribution >= 4 is 29.3 Å². The average molecular weight is 485 g/mol. The van der Waals surface area contributed by atoms with Gasteiger partial charge in [0.1, 0.15) is 11.5 Å². The molecule has 1 aromatic heterocycles. The molecule has 3 aliphatic rings.